The number of carbonyl (C=O) groups is 1. The first-order valence-corrected chi connectivity index (χ1v) is 3.83. The highest BCUT2D eigenvalue weighted by Gasteiger charge is 2.09. The second kappa shape index (κ2) is 3.49. The molecule has 1 aromatic rings. The third kappa shape index (κ3) is 1.71. The molecule has 12 heavy (non-hydrogen) atoms. The number of hydrogen-bond donors (Lipinski definition) is 1. The van der Waals surface area contributed by atoms with Crippen LogP contribution in [0.2, 0.25) is 0 Å². The molecule has 66 valence electrons. The Morgan fingerprint density at radius 3 is 2.83 bits per heavy atom. The predicted molar refractivity (Wildman–Crippen MR) is 46.2 cm³/mol. The van der Waals surface area contributed by atoms with Crippen molar-refractivity contribution in [2.24, 2.45) is 7.05 Å². The molecule has 0 bridgehead atoms. The van der Waals surface area contributed by atoms with Crippen molar-refractivity contribution in [1.82, 2.24) is 15.1 Å². The van der Waals surface area contributed by atoms with Crippen LogP contribution >= 0.6 is 0 Å². The number of nitrogens with zero attached hydrogens (tertiary/aromatic N) is 2. The average Bonchev–Trinajstić information content (AvgIpc) is 2.30. The summed E-state index contributed by atoms with van der Waals surface area (Å²) in [6.07, 6.45) is 0. The normalized spacial score (nSPS) is 10.2. The van der Waals surface area contributed by atoms with Crippen molar-refractivity contribution in [1.29, 1.82) is 0 Å². The molecule has 1 rings (SSSR count). The minimum Gasteiger partial charge on any atom is -0.313 e. The van der Waals surface area contributed by atoms with Gasteiger partial charge < -0.3 is 5.32 Å². The van der Waals surface area contributed by atoms with Crippen molar-refractivity contribution in [3.63, 3.8) is 0 Å². The van der Waals surface area contributed by atoms with Crippen molar-refractivity contribution >= 4 is 5.78 Å². The Balaban J connectivity index is 2.87. The third-order valence-electron chi connectivity index (χ3n) is 1.63. The van der Waals surface area contributed by atoms with Crippen LogP contribution in [0, 0.1) is 6.92 Å². The Morgan fingerprint density at radius 2 is 2.42 bits per heavy atom. The molecular formula is C8H13N3O. The molecule has 4 heteroatoms. The molecule has 1 N–H and O–H groups in total. The summed E-state index contributed by atoms with van der Waals surface area (Å²) in [5.41, 5.74) is 1.53. The number of aryl methyl sites for hydroxylation is 2. The van der Waals surface area contributed by atoms with E-state index in [-0.39, 0.29) is 5.78 Å². The van der Waals surface area contributed by atoms with E-state index in [0.717, 1.165) is 5.69 Å². The van der Waals surface area contributed by atoms with E-state index >= 15 is 0 Å². The van der Waals surface area contributed by atoms with E-state index in [1.165, 1.54) is 0 Å². The largest absolute Gasteiger partial charge is 0.313 e. The third-order valence-corrected chi connectivity index (χ3v) is 1.63. The summed E-state index contributed by atoms with van der Waals surface area (Å²) in [4.78, 5) is 11.4. The van der Waals surface area contributed by atoms with Gasteiger partial charge in [0.1, 0.15) is 5.69 Å². The van der Waals surface area contributed by atoms with Crippen LogP contribution in [0.5, 0.6) is 0 Å². The second-order valence-corrected chi connectivity index (χ2v) is 2.75. The second-order valence-electron chi connectivity index (χ2n) is 2.75. The van der Waals surface area contributed by atoms with Crippen LogP contribution in [-0.4, -0.2) is 29.2 Å². The van der Waals surface area contributed by atoms with Crippen LogP contribution in [0.25, 0.3) is 0 Å². The monoisotopic (exact) mass is 167 g/mol. The zero-order valence-corrected chi connectivity index (χ0v) is 7.59. The number of hydrogen-bond acceptors (Lipinski definition) is 3. The Morgan fingerprint density at radius 1 is 1.75 bits per heavy atom. The van der Waals surface area contributed by atoms with Gasteiger partial charge in [-0.05, 0) is 20.0 Å². The lowest BCUT2D eigenvalue weighted by molar-refractivity contribution is 0.0984. The Hall–Kier alpha value is -1.16. The highest BCUT2D eigenvalue weighted by molar-refractivity contribution is 5.96. The van der Waals surface area contributed by atoms with Gasteiger partial charge in [0.2, 0.25) is 0 Å². The minimum atomic E-state index is 0.0700. The topological polar surface area (TPSA) is 46.9 Å². The molecule has 0 aliphatic heterocycles. The molecule has 0 aliphatic rings. The molecule has 0 saturated carbocycles. The lowest BCUT2D eigenvalue weighted by atomic mass is 10.2. The summed E-state index contributed by atoms with van der Waals surface area (Å²) in [5, 5.41) is 6.89. The van der Waals surface area contributed by atoms with Gasteiger partial charge in [0.05, 0.1) is 12.2 Å². The summed E-state index contributed by atoms with van der Waals surface area (Å²) >= 11 is 0. The van der Waals surface area contributed by atoms with Crippen molar-refractivity contribution in [2.45, 2.75) is 6.92 Å². The van der Waals surface area contributed by atoms with Gasteiger partial charge in [-0.25, -0.2) is 0 Å². The molecule has 0 saturated heterocycles. The molecule has 4 nitrogen and oxygen atoms in total. The molecule has 0 unspecified atom stereocenters. The Labute approximate surface area is 71.6 Å². The van der Waals surface area contributed by atoms with Gasteiger partial charge in [0.15, 0.2) is 5.78 Å². The summed E-state index contributed by atoms with van der Waals surface area (Å²) in [6.45, 7) is 2.23. The molecule has 0 spiro atoms. The molecule has 0 atom stereocenters. The molecule has 0 radical (unpaired) electrons. The number of aromatic nitrogens is 2. The number of likely N-dealkylation sites (N-methyl/N-ethyl adjacent to an activating group) is 1. The minimum absolute atomic E-state index is 0.0700. The first-order valence-electron chi connectivity index (χ1n) is 3.83. The van der Waals surface area contributed by atoms with Crippen molar-refractivity contribution in [2.75, 3.05) is 13.6 Å². The fraction of sp³-hybridized carbons (Fsp3) is 0.500. The molecule has 0 aliphatic carbocycles. The molecule has 0 amide bonds. The predicted octanol–water partition coefficient (Wildman–Crippen LogP) is 0.131. The maximum absolute atomic E-state index is 11.4. The summed E-state index contributed by atoms with van der Waals surface area (Å²) < 4.78 is 1.61. The number of nitrogens with one attached hydrogen (secondary N) is 1. The zero-order chi connectivity index (χ0) is 9.14. The first-order chi connectivity index (χ1) is 5.65. The zero-order valence-electron chi connectivity index (χ0n) is 7.59. The van der Waals surface area contributed by atoms with Crippen LogP contribution in [0.3, 0.4) is 0 Å². The van der Waals surface area contributed by atoms with Crippen LogP contribution in [-0.2, 0) is 7.05 Å². The van der Waals surface area contributed by atoms with Gasteiger partial charge in [-0.1, -0.05) is 0 Å². The van der Waals surface area contributed by atoms with E-state index in [9.17, 15) is 4.79 Å². The van der Waals surface area contributed by atoms with Gasteiger partial charge in [-0.2, -0.15) is 5.10 Å². The van der Waals surface area contributed by atoms with Gasteiger partial charge in [0.25, 0.3) is 0 Å². The Kier molecular flexibility index (Phi) is 2.60. The van der Waals surface area contributed by atoms with Gasteiger partial charge >= 0.3 is 0 Å². The van der Waals surface area contributed by atoms with E-state index < -0.39 is 0 Å². The lowest BCUT2D eigenvalue weighted by Crippen LogP contribution is -2.20. The van der Waals surface area contributed by atoms with Crippen LogP contribution < -0.4 is 5.32 Å². The molecule has 0 fully saturated rings. The van der Waals surface area contributed by atoms with Crippen LogP contribution in [0.15, 0.2) is 6.07 Å². The fourth-order valence-electron chi connectivity index (χ4n) is 1.12. The number of Topliss-reactive ketones (excluding diaryl/α,β-unsaturated/α-hetero) is 1. The maximum Gasteiger partial charge on any atom is 0.194 e. The summed E-state index contributed by atoms with van der Waals surface area (Å²) in [6, 6.07) is 1.79. The summed E-state index contributed by atoms with van der Waals surface area (Å²) in [5.74, 6) is 0.0700. The fourth-order valence-corrected chi connectivity index (χ4v) is 1.12. The highest BCUT2D eigenvalue weighted by Crippen LogP contribution is 2.01. The first kappa shape index (κ1) is 8.93. The van der Waals surface area contributed by atoms with E-state index in [2.05, 4.69) is 10.4 Å². The Bertz CT molecular complexity index is 290. The van der Waals surface area contributed by atoms with E-state index in [1.807, 2.05) is 6.92 Å². The SMILES string of the molecule is CNCC(=O)c1cc(C)nn1C. The molecule has 1 heterocycles. The average molecular weight is 167 g/mol. The smallest absolute Gasteiger partial charge is 0.194 e. The van der Waals surface area contributed by atoms with E-state index in [0.29, 0.717) is 12.2 Å². The van der Waals surface area contributed by atoms with Crippen LogP contribution in [0.4, 0.5) is 0 Å². The van der Waals surface area contributed by atoms with E-state index in [4.69, 9.17) is 0 Å². The van der Waals surface area contributed by atoms with Crippen molar-refractivity contribution in [3.8, 4) is 0 Å². The maximum atomic E-state index is 11.4. The van der Waals surface area contributed by atoms with Gasteiger partial charge in [-0.15, -0.1) is 0 Å². The number of ketones is 1. The van der Waals surface area contributed by atoms with Gasteiger partial charge in [0, 0.05) is 7.05 Å². The van der Waals surface area contributed by atoms with Crippen molar-refractivity contribution < 1.29 is 4.79 Å². The highest BCUT2D eigenvalue weighted by atomic mass is 16.1. The lowest BCUT2D eigenvalue weighted by Gasteiger charge is -1.98. The molecule has 1 aromatic heterocycles. The summed E-state index contributed by atoms with van der Waals surface area (Å²) in [7, 11) is 3.52. The molecule has 0 aromatic carbocycles. The van der Waals surface area contributed by atoms with Crippen LogP contribution in [0.1, 0.15) is 16.2 Å². The standard InChI is InChI=1S/C8H13N3O/c1-6-4-7(11(3)10-6)8(12)5-9-2/h4,9H,5H2,1-3H3. The quantitative estimate of drug-likeness (QED) is 0.651. The number of carbonyl (C=O) groups excluding carboxylic acids is 1. The van der Waals surface area contributed by atoms with E-state index in [1.54, 1.807) is 24.8 Å². The number of rotatable bonds is 3. The van der Waals surface area contributed by atoms with Gasteiger partial charge in [-0.3, -0.25) is 9.48 Å². The van der Waals surface area contributed by atoms with Crippen molar-refractivity contribution in [3.05, 3.63) is 17.5 Å². The molecular weight excluding hydrogens is 154 g/mol.